The third-order valence-corrected chi connectivity index (χ3v) is 9.98. The summed E-state index contributed by atoms with van der Waals surface area (Å²) in [5.41, 5.74) is 5.35. The van der Waals surface area contributed by atoms with E-state index in [1.165, 1.54) is 89.9 Å². The molecular weight excluding hydrogens is 729 g/mol. The molecule has 11 heteroatoms. The van der Waals surface area contributed by atoms with Crippen molar-refractivity contribution in [1.29, 1.82) is 0 Å². The van der Waals surface area contributed by atoms with Gasteiger partial charge in [-0.25, -0.2) is 4.57 Å². The van der Waals surface area contributed by atoms with Gasteiger partial charge in [-0.2, -0.15) is 0 Å². The van der Waals surface area contributed by atoms with E-state index in [4.69, 9.17) is 29.4 Å². The number of aliphatic carboxylic acids is 1. The first kappa shape index (κ1) is 53.7. The number of unbranched alkanes of at least 4 members (excludes halogenated alkanes) is 17. The molecule has 0 saturated heterocycles. The van der Waals surface area contributed by atoms with E-state index in [0.29, 0.717) is 13.0 Å². The lowest BCUT2D eigenvalue weighted by molar-refractivity contribution is -0.154. The van der Waals surface area contributed by atoms with E-state index in [1.807, 2.05) is 0 Å². The minimum atomic E-state index is -4.63. The van der Waals surface area contributed by atoms with Crippen LogP contribution in [0.15, 0.2) is 60.8 Å². The second kappa shape index (κ2) is 40.9. The number of allylic oxidation sites excluding steroid dienone is 10. The zero-order valence-corrected chi connectivity index (χ0v) is 36.1. The molecule has 3 atom stereocenters. The molecule has 0 rings (SSSR count). The van der Waals surface area contributed by atoms with Crippen LogP contribution in [0.25, 0.3) is 0 Å². The Labute approximate surface area is 341 Å². The van der Waals surface area contributed by atoms with Crippen LogP contribution in [0.2, 0.25) is 0 Å². The standard InChI is InChI=1S/C45H80NO9P/c1-3-5-7-9-11-13-15-17-19-20-21-22-24-26-28-30-32-34-36-38-52-39-42(40-53-56(50,51)54-41-43(46)45(48)49)55-44(47)37-35-33-31-29-27-25-23-18-16-14-12-10-8-6-4-2/h6,8,12,14,18-20,23,27,29,42-43H,3-5,7,9-11,13,15-17,21-22,24-26,28,30-41,46H2,1-2H3,(H,48,49)(H,50,51)/b8-6-,14-12-,20-19-,23-18-,29-27-. The van der Waals surface area contributed by atoms with Gasteiger partial charge in [-0.05, 0) is 77.0 Å². The topological polar surface area (TPSA) is 155 Å². The van der Waals surface area contributed by atoms with E-state index in [2.05, 4.69) is 74.6 Å². The molecule has 3 unspecified atom stereocenters. The first-order valence-corrected chi connectivity index (χ1v) is 23.3. The maximum absolute atomic E-state index is 12.6. The molecule has 0 aliphatic carbocycles. The fourth-order valence-electron chi connectivity index (χ4n) is 5.65. The molecule has 0 heterocycles. The molecule has 10 nitrogen and oxygen atoms in total. The SMILES string of the molecule is CC/C=C\C/C=C\C/C=C\C/C=C\CCCCC(=O)OC(COCCCCCCCCCC/C=C\CCCCCCCCC)COP(=O)(O)OCC(N)C(=O)O. The quantitative estimate of drug-likeness (QED) is 0.0235. The van der Waals surface area contributed by atoms with Gasteiger partial charge in [0, 0.05) is 13.0 Å². The summed E-state index contributed by atoms with van der Waals surface area (Å²) < 4.78 is 33.3. The molecule has 324 valence electrons. The summed E-state index contributed by atoms with van der Waals surface area (Å²) in [5, 5.41) is 8.89. The Kier molecular flexibility index (Phi) is 39.2. The number of carboxylic acid groups (broad SMARTS) is 1. The Hall–Kier alpha value is -2.33. The van der Waals surface area contributed by atoms with E-state index >= 15 is 0 Å². The van der Waals surface area contributed by atoms with Crippen molar-refractivity contribution < 1.29 is 42.7 Å². The van der Waals surface area contributed by atoms with Gasteiger partial charge in [0.2, 0.25) is 0 Å². The van der Waals surface area contributed by atoms with E-state index in [9.17, 15) is 19.0 Å². The highest BCUT2D eigenvalue weighted by Crippen LogP contribution is 2.43. The molecule has 0 amide bonds. The maximum atomic E-state index is 12.6. The maximum Gasteiger partial charge on any atom is 0.472 e. The molecule has 0 fully saturated rings. The lowest BCUT2D eigenvalue weighted by Gasteiger charge is -2.20. The second-order valence-electron chi connectivity index (χ2n) is 14.4. The van der Waals surface area contributed by atoms with E-state index < -0.39 is 45.1 Å². The van der Waals surface area contributed by atoms with Gasteiger partial charge in [0.15, 0.2) is 0 Å². The number of phosphoric ester groups is 1. The highest BCUT2D eigenvalue weighted by molar-refractivity contribution is 7.47. The molecule has 0 bridgehead atoms. The molecular formula is C45H80NO9P. The lowest BCUT2D eigenvalue weighted by Crippen LogP contribution is -2.34. The zero-order chi connectivity index (χ0) is 41.2. The van der Waals surface area contributed by atoms with E-state index in [-0.39, 0.29) is 13.0 Å². The third-order valence-electron chi connectivity index (χ3n) is 9.03. The van der Waals surface area contributed by atoms with Gasteiger partial charge in [-0.1, -0.05) is 152 Å². The van der Waals surface area contributed by atoms with Crippen molar-refractivity contribution in [2.45, 2.75) is 187 Å². The number of hydrogen-bond acceptors (Lipinski definition) is 8. The van der Waals surface area contributed by atoms with Gasteiger partial charge in [0.05, 0.1) is 19.8 Å². The van der Waals surface area contributed by atoms with Crippen molar-refractivity contribution >= 4 is 19.8 Å². The van der Waals surface area contributed by atoms with Crippen LogP contribution in [-0.2, 0) is 32.7 Å². The molecule has 0 aromatic carbocycles. The van der Waals surface area contributed by atoms with Crippen LogP contribution < -0.4 is 5.73 Å². The minimum absolute atomic E-state index is 0.00414. The summed E-state index contributed by atoms with van der Waals surface area (Å²) >= 11 is 0. The smallest absolute Gasteiger partial charge is 0.472 e. The molecule has 0 aromatic heterocycles. The van der Waals surface area contributed by atoms with Crippen molar-refractivity contribution in [3.63, 3.8) is 0 Å². The van der Waals surface area contributed by atoms with E-state index in [1.54, 1.807) is 0 Å². The number of hydrogen-bond donors (Lipinski definition) is 3. The predicted molar refractivity (Wildman–Crippen MR) is 231 cm³/mol. The average molecular weight is 810 g/mol. The van der Waals surface area contributed by atoms with Crippen molar-refractivity contribution in [3.05, 3.63) is 60.8 Å². The summed E-state index contributed by atoms with van der Waals surface area (Å²) in [6.45, 7) is 3.70. The number of ether oxygens (including phenoxy) is 2. The molecule has 0 radical (unpaired) electrons. The van der Waals surface area contributed by atoms with Crippen LogP contribution in [0, 0.1) is 0 Å². The number of rotatable bonds is 41. The summed E-state index contributed by atoms with van der Waals surface area (Å²) in [5.74, 6) is -1.83. The number of carbonyl (C=O) groups is 2. The Bertz CT molecular complexity index is 1120. The summed E-state index contributed by atoms with van der Waals surface area (Å²) in [7, 11) is -4.63. The van der Waals surface area contributed by atoms with Crippen LogP contribution in [0.3, 0.4) is 0 Å². The van der Waals surface area contributed by atoms with Crippen LogP contribution in [0.4, 0.5) is 0 Å². The van der Waals surface area contributed by atoms with Crippen LogP contribution in [0.1, 0.15) is 174 Å². The predicted octanol–water partition coefficient (Wildman–Crippen LogP) is 12.0. The normalized spacial score (nSPS) is 14.5. The Morgan fingerprint density at radius 1 is 0.589 bits per heavy atom. The number of nitrogens with two attached hydrogens (primary N) is 1. The van der Waals surface area contributed by atoms with Gasteiger partial charge in [-0.3, -0.25) is 18.6 Å². The van der Waals surface area contributed by atoms with Gasteiger partial charge in [0.1, 0.15) is 12.1 Å². The van der Waals surface area contributed by atoms with Crippen molar-refractivity contribution in [2.75, 3.05) is 26.4 Å². The zero-order valence-electron chi connectivity index (χ0n) is 35.2. The molecule has 0 aromatic rings. The Morgan fingerprint density at radius 3 is 1.57 bits per heavy atom. The Morgan fingerprint density at radius 2 is 1.04 bits per heavy atom. The van der Waals surface area contributed by atoms with Crippen molar-refractivity contribution in [2.24, 2.45) is 5.73 Å². The molecule has 0 aliphatic heterocycles. The molecule has 4 N–H and O–H groups in total. The number of carbonyl (C=O) groups excluding carboxylic acids is 1. The van der Waals surface area contributed by atoms with Crippen LogP contribution in [0.5, 0.6) is 0 Å². The molecule has 0 saturated carbocycles. The van der Waals surface area contributed by atoms with Crippen LogP contribution >= 0.6 is 7.82 Å². The second-order valence-corrected chi connectivity index (χ2v) is 15.9. The molecule has 56 heavy (non-hydrogen) atoms. The first-order valence-electron chi connectivity index (χ1n) is 21.8. The minimum Gasteiger partial charge on any atom is -0.480 e. The summed E-state index contributed by atoms with van der Waals surface area (Å²) in [6, 6.07) is -1.48. The lowest BCUT2D eigenvalue weighted by atomic mass is 10.1. The van der Waals surface area contributed by atoms with Gasteiger partial charge in [-0.15, -0.1) is 0 Å². The van der Waals surface area contributed by atoms with Crippen molar-refractivity contribution in [3.8, 4) is 0 Å². The van der Waals surface area contributed by atoms with E-state index in [0.717, 1.165) is 57.8 Å². The first-order chi connectivity index (χ1) is 27.2. The number of carboxylic acids is 1. The highest BCUT2D eigenvalue weighted by Gasteiger charge is 2.27. The summed E-state index contributed by atoms with van der Waals surface area (Å²) in [4.78, 5) is 33.5. The van der Waals surface area contributed by atoms with Gasteiger partial charge in [0.25, 0.3) is 0 Å². The molecule has 0 spiro atoms. The van der Waals surface area contributed by atoms with Crippen LogP contribution in [-0.4, -0.2) is 60.5 Å². The summed E-state index contributed by atoms with van der Waals surface area (Å²) in [6.07, 6.45) is 48.5. The highest BCUT2D eigenvalue weighted by atomic mass is 31.2. The monoisotopic (exact) mass is 810 g/mol. The fourth-order valence-corrected chi connectivity index (χ4v) is 6.43. The average Bonchev–Trinajstić information content (AvgIpc) is 3.18. The Balaban J connectivity index is 4.29. The molecule has 0 aliphatic rings. The van der Waals surface area contributed by atoms with Gasteiger partial charge >= 0.3 is 19.8 Å². The third kappa shape index (κ3) is 39.9. The fraction of sp³-hybridized carbons (Fsp3) is 0.733. The number of phosphoric acid groups is 1. The van der Waals surface area contributed by atoms with Crippen molar-refractivity contribution in [1.82, 2.24) is 0 Å². The number of esters is 1. The van der Waals surface area contributed by atoms with Gasteiger partial charge < -0.3 is 25.2 Å². The largest absolute Gasteiger partial charge is 0.480 e.